The molecule has 6 rings (SSSR count). The van der Waals surface area contributed by atoms with E-state index in [9.17, 15) is 22.4 Å². The monoisotopic (exact) mass is 600 g/mol. The van der Waals surface area contributed by atoms with Gasteiger partial charge in [-0.05, 0) is 54.6 Å². The summed E-state index contributed by atoms with van der Waals surface area (Å²) in [6, 6.07) is 15.5. The smallest absolute Gasteiger partial charge is 0.275 e. The van der Waals surface area contributed by atoms with E-state index in [0.717, 1.165) is 20.8 Å². The van der Waals surface area contributed by atoms with E-state index in [0.29, 0.717) is 27.7 Å². The first-order valence-corrected chi connectivity index (χ1v) is 14.9. The maximum Gasteiger partial charge on any atom is 0.275 e. The zero-order valence-electron chi connectivity index (χ0n) is 23.5. The van der Waals surface area contributed by atoms with Crippen LogP contribution in [0.25, 0.3) is 55.8 Å². The minimum Gasteiger partial charge on any atom is -0.455 e. The summed E-state index contributed by atoms with van der Waals surface area (Å²) in [6.45, 7) is 0. The number of furan rings is 1. The minimum absolute atomic E-state index is 0.172. The number of carbonyl (C=O) groups is 1. The number of hydrogen-bond acceptors (Lipinski definition) is 7. The van der Waals surface area contributed by atoms with Gasteiger partial charge >= 0.3 is 0 Å². The first kappa shape index (κ1) is 27.8. The van der Waals surface area contributed by atoms with Crippen molar-refractivity contribution in [1.82, 2.24) is 25.1 Å². The van der Waals surface area contributed by atoms with E-state index in [1.165, 1.54) is 51.5 Å². The molecule has 0 aliphatic heterocycles. The summed E-state index contributed by atoms with van der Waals surface area (Å²) in [7, 11) is 0.576. The standard InChI is InChI=1S/C30H25FN6O5S/c1-32-29(38)27-20-12-18(23-13-19(30(39)36(2)35-23)22-14-24-21(34-22)6-5-11-33-24)25(37(3)43(4,40)41)15-26(20)42-28(27)16-7-9-17(31)10-8-16/h5-15,34H,1-4H3,(H,32,38). The molecule has 0 saturated carbocycles. The molecule has 0 aliphatic rings. The van der Waals surface area contributed by atoms with E-state index in [1.54, 1.807) is 30.5 Å². The number of anilines is 1. The molecule has 43 heavy (non-hydrogen) atoms. The molecule has 11 nitrogen and oxygen atoms in total. The van der Waals surface area contributed by atoms with Crippen molar-refractivity contribution in [1.29, 1.82) is 0 Å². The quantitative estimate of drug-likeness (QED) is 0.290. The molecular weight excluding hydrogens is 575 g/mol. The number of pyridine rings is 1. The van der Waals surface area contributed by atoms with Crippen LogP contribution in [-0.4, -0.2) is 54.4 Å². The lowest BCUT2D eigenvalue weighted by molar-refractivity contribution is 0.0964. The Labute approximate surface area is 244 Å². The second-order valence-corrected chi connectivity index (χ2v) is 12.0. The summed E-state index contributed by atoms with van der Waals surface area (Å²) in [5, 5.41) is 7.44. The van der Waals surface area contributed by atoms with E-state index < -0.39 is 21.7 Å². The van der Waals surface area contributed by atoms with Gasteiger partial charge in [0.05, 0.1) is 45.5 Å². The van der Waals surface area contributed by atoms with Crippen LogP contribution in [0.2, 0.25) is 0 Å². The van der Waals surface area contributed by atoms with Crippen molar-refractivity contribution in [2.75, 3.05) is 24.7 Å². The van der Waals surface area contributed by atoms with Crippen LogP contribution >= 0.6 is 0 Å². The Bertz CT molecular complexity index is 2200. The van der Waals surface area contributed by atoms with Gasteiger partial charge in [-0.15, -0.1) is 0 Å². The molecule has 13 heteroatoms. The number of hydrogen-bond donors (Lipinski definition) is 2. The molecule has 6 aromatic rings. The predicted octanol–water partition coefficient (Wildman–Crippen LogP) is 4.30. The summed E-state index contributed by atoms with van der Waals surface area (Å²) in [5.74, 6) is -0.741. The fourth-order valence-electron chi connectivity index (χ4n) is 4.97. The molecule has 0 fully saturated rings. The SMILES string of the molecule is CNC(=O)c1c(-c2ccc(F)cc2)oc2cc(N(C)S(C)(=O)=O)c(-c3cc(-c4cc5ncccc5[nH]4)c(=O)n(C)n3)cc12. The third-order valence-corrected chi connectivity index (χ3v) is 8.41. The predicted molar refractivity (Wildman–Crippen MR) is 162 cm³/mol. The molecular formula is C30H25FN6O5S. The molecule has 0 spiro atoms. The normalized spacial score (nSPS) is 11.7. The van der Waals surface area contributed by atoms with Crippen molar-refractivity contribution >= 4 is 43.6 Å². The first-order valence-electron chi connectivity index (χ1n) is 13.0. The van der Waals surface area contributed by atoms with Gasteiger partial charge in [0.2, 0.25) is 10.0 Å². The number of aromatic nitrogens is 4. The Kier molecular flexibility index (Phi) is 6.61. The van der Waals surface area contributed by atoms with Gasteiger partial charge < -0.3 is 14.7 Å². The zero-order chi connectivity index (χ0) is 30.6. The van der Waals surface area contributed by atoms with Crippen molar-refractivity contribution in [3.8, 4) is 33.8 Å². The van der Waals surface area contributed by atoms with E-state index >= 15 is 0 Å². The summed E-state index contributed by atoms with van der Waals surface area (Å²) >= 11 is 0. The van der Waals surface area contributed by atoms with Gasteiger partial charge in [-0.1, -0.05) is 0 Å². The number of aromatic amines is 1. The van der Waals surface area contributed by atoms with Gasteiger partial charge in [-0.2, -0.15) is 5.10 Å². The number of halogens is 1. The van der Waals surface area contributed by atoms with Gasteiger partial charge in [0, 0.05) is 49.9 Å². The molecule has 0 radical (unpaired) electrons. The minimum atomic E-state index is -3.77. The van der Waals surface area contributed by atoms with Crippen molar-refractivity contribution in [3.63, 3.8) is 0 Å². The largest absolute Gasteiger partial charge is 0.455 e. The summed E-state index contributed by atoms with van der Waals surface area (Å²) in [4.78, 5) is 34.0. The van der Waals surface area contributed by atoms with Crippen LogP contribution in [-0.2, 0) is 17.1 Å². The highest BCUT2D eigenvalue weighted by Crippen LogP contribution is 2.41. The lowest BCUT2D eigenvalue weighted by Gasteiger charge is -2.20. The maximum absolute atomic E-state index is 13.7. The molecule has 2 aromatic carbocycles. The molecule has 0 aliphatic carbocycles. The molecule has 4 heterocycles. The molecule has 4 aromatic heterocycles. The van der Waals surface area contributed by atoms with E-state index in [-0.39, 0.29) is 39.4 Å². The van der Waals surface area contributed by atoms with E-state index in [4.69, 9.17) is 4.42 Å². The van der Waals surface area contributed by atoms with Gasteiger partial charge in [-0.25, -0.2) is 17.5 Å². The van der Waals surface area contributed by atoms with Crippen LogP contribution < -0.4 is 15.2 Å². The van der Waals surface area contributed by atoms with Gasteiger partial charge in [0.1, 0.15) is 17.2 Å². The number of carbonyl (C=O) groups excluding carboxylic acids is 1. The maximum atomic E-state index is 13.7. The number of aryl methyl sites for hydroxylation is 1. The van der Waals surface area contributed by atoms with Crippen LogP contribution in [0.3, 0.4) is 0 Å². The lowest BCUT2D eigenvalue weighted by Crippen LogP contribution is -2.26. The topological polar surface area (TPSA) is 143 Å². The summed E-state index contributed by atoms with van der Waals surface area (Å²) < 4.78 is 47.5. The Balaban J connectivity index is 1.66. The van der Waals surface area contributed by atoms with Gasteiger partial charge in [-0.3, -0.25) is 18.9 Å². The van der Waals surface area contributed by atoms with Crippen LogP contribution in [0.4, 0.5) is 10.1 Å². The van der Waals surface area contributed by atoms with Crippen molar-refractivity contribution < 1.29 is 22.0 Å². The molecule has 1 amide bonds. The second-order valence-electron chi connectivity index (χ2n) is 9.98. The Hall–Kier alpha value is -5.30. The number of amides is 1. The Morgan fingerprint density at radius 3 is 2.51 bits per heavy atom. The highest BCUT2D eigenvalue weighted by Gasteiger charge is 2.27. The fraction of sp³-hybridized carbons (Fsp3) is 0.133. The average Bonchev–Trinajstić information content (AvgIpc) is 3.58. The van der Waals surface area contributed by atoms with Crippen LogP contribution in [0.1, 0.15) is 10.4 Å². The molecule has 218 valence electrons. The third-order valence-electron chi connectivity index (χ3n) is 7.22. The number of sulfonamides is 1. The van der Waals surface area contributed by atoms with Crippen LogP contribution in [0, 0.1) is 5.82 Å². The Morgan fingerprint density at radius 2 is 1.84 bits per heavy atom. The Morgan fingerprint density at radius 1 is 1.09 bits per heavy atom. The third kappa shape index (κ3) is 4.83. The number of nitrogens with one attached hydrogen (secondary N) is 2. The van der Waals surface area contributed by atoms with Crippen LogP contribution in [0.15, 0.2) is 76.1 Å². The molecule has 0 unspecified atom stereocenters. The molecule has 0 atom stereocenters. The van der Waals surface area contributed by atoms with Crippen molar-refractivity contribution in [2.45, 2.75) is 0 Å². The van der Waals surface area contributed by atoms with Gasteiger partial charge in [0.25, 0.3) is 11.5 Å². The highest BCUT2D eigenvalue weighted by atomic mass is 32.2. The lowest BCUT2D eigenvalue weighted by atomic mass is 10.00. The average molecular weight is 601 g/mol. The molecule has 0 saturated heterocycles. The molecule has 2 N–H and O–H groups in total. The van der Waals surface area contributed by atoms with E-state index in [2.05, 4.69) is 20.4 Å². The number of rotatable bonds is 6. The number of H-pyrrole nitrogens is 1. The zero-order valence-corrected chi connectivity index (χ0v) is 24.3. The number of nitrogens with zero attached hydrogens (tertiary/aromatic N) is 4. The second kappa shape index (κ2) is 10.2. The van der Waals surface area contributed by atoms with Gasteiger partial charge in [0.15, 0.2) is 0 Å². The number of fused-ring (bicyclic) bond motifs is 2. The number of benzene rings is 2. The highest BCUT2D eigenvalue weighted by molar-refractivity contribution is 7.92. The van der Waals surface area contributed by atoms with Crippen molar-refractivity contribution in [3.05, 3.63) is 88.6 Å². The van der Waals surface area contributed by atoms with Crippen molar-refractivity contribution in [2.24, 2.45) is 7.05 Å². The fourth-order valence-corrected chi connectivity index (χ4v) is 5.47. The summed E-state index contributed by atoms with van der Waals surface area (Å²) in [6.07, 6.45) is 2.70. The van der Waals surface area contributed by atoms with E-state index in [1.807, 2.05) is 6.07 Å². The molecule has 0 bridgehead atoms. The first-order chi connectivity index (χ1) is 20.5. The van der Waals surface area contributed by atoms with Crippen LogP contribution in [0.5, 0.6) is 0 Å². The summed E-state index contributed by atoms with van der Waals surface area (Å²) in [5.41, 5.74) is 3.43.